The number of esters is 1. The molecule has 4 nitrogen and oxygen atoms in total. The first-order valence-electron chi connectivity index (χ1n) is 7.61. The Morgan fingerprint density at radius 2 is 1.67 bits per heavy atom. The van der Waals surface area contributed by atoms with Gasteiger partial charge < -0.3 is 10.1 Å². The van der Waals surface area contributed by atoms with Crippen molar-refractivity contribution in [2.75, 3.05) is 7.11 Å². The summed E-state index contributed by atoms with van der Waals surface area (Å²) in [6.07, 6.45) is -4.65. The van der Waals surface area contributed by atoms with Crippen molar-refractivity contribution in [2.45, 2.75) is 18.6 Å². The van der Waals surface area contributed by atoms with Crippen molar-refractivity contribution in [1.29, 1.82) is 0 Å². The molecule has 1 atom stereocenters. The monoisotopic (exact) mass is 387 g/mol. The molecule has 2 aromatic carbocycles. The zero-order valence-electron chi connectivity index (χ0n) is 13.9. The number of nitrogens with one attached hydrogen (secondary N) is 1. The van der Waals surface area contributed by atoms with Gasteiger partial charge in [-0.3, -0.25) is 4.79 Å². The minimum Gasteiger partial charge on any atom is -0.467 e. The van der Waals surface area contributed by atoms with Crippen LogP contribution in [0.15, 0.2) is 42.5 Å². The number of alkyl halides is 3. The zero-order chi connectivity index (χ0) is 20.2. The fourth-order valence-corrected chi connectivity index (χ4v) is 2.28. The van der Waals surface area contributed by atoms with Crippen molar-refractivity contribution in [3.05, 3.63) is 70.8 Å². The number of carbonyl (C=O) groups excluding carboxylic acids is 2. The van der Waals surface area contributed by atoms with Crippen molar-refractivity contribution in [3.8, 4) is 0 Å². The van der Waals surface area contributed by atoms with Crippen molar-refractivity contribution >= 4 is 11.9 Å². The van der Waals surface area contributed by atoms with E-state index in [-0.39, 0.29) is 12.0 Å². The first-order chi connectivity index (χ1) is 12.6. The summed E-state index contributed by atoms with van der Waals surface area (Å²) in [7, 11) is 1.08. The second kappa shape index (κ2) is 8.15. The Balaban J connectivity index is 2.16. The molecule has 0 unspecified atom stereocenters. The van der Waals surface area contributed by atoms with Gasteiger partial charge in [0.2, 0.25) is 0 Å². The SMILES string of the molecule is COC(=O)[C@@H](Cc1ccc(C(F)(F)F)cc1)NC(=O)c1ccc(F)c(F)c1. The summed E-state index contributed by atoms with van der Waals surface area (Å²) in [5.41, 5.74) is -0.745. The topological polar surface area (TPSA) is 55.4 Å². The summed E-state index contributed by atoms with van der Waals surface area (Å²) in [6.45, 7) is 0. The minimum absolute atomic E-state index is 0.153. The molecule has 0 spiro atoms. The van der Waals surface area contributed by atoms with E-state index in [1.54, 1.807) is 0 Å². The lowest BCUT2D eigenvalue weighted by Gasteiger charge is -2.17. The van der Waals surface area contributed by atoms with Crippen LogP contribution in [0.3, 0.4) is 0 Å². The molecule has 1 amide bonds. The van der Waals surface area contributed by atoms with E-state index in [9.17, 15) is 31.5 Å². The maximum atomic E-state index is 13.2. The minimum atomic E-state index is -4.50. The molecule has 2 rings (SSSR count). The molecule has 0 heterocycles. The fraction of sp³-hybridized carbons (Fsp3) is 0.222. The molecule has 0 aliphatic heterocycles. The number of halogens is 5. The molecule has 27 heavy (non-hydrogen) atoms. The first kappa shape index (κ1) is 20.3. The summed E-state index contributed by atoms with van der Waals surface area (Å²) < 4.78 is 68.6. The van der Waals surface area contributed by atoms with Crippen LogP contribution in [-0.2, 0) is 22.1 Å². The number of amides is 1. The Morgan fingerprint density at radius 1 is 1.04 bits per heavy atom. The highest BCUT2D eigenvalue weighted by molar-refractivity contribution is 5.96. The summed E-state index contributed by atoms with van der Waals surface area (Å²) in [6, 6.07) is 5.25. The second-order valence-corrected chi connectivity index (χ2v) is 5.58. The lowest BCUT2D eigenvalue weighted by molar-refractivity contribution is -0.143. The van der Waals surface area contributed by atoms with Crippen LogP contribution < -0.4 is 5.32 Å². The smallest absolute Gasteiger partial charge is 0.416 e. The van der Waals surface area contributed by atoms with Crippen LogP contribution in [-0.4, -0.2) is 25.0 Å². The van der Waals surface area contributed by atoms with Crippen molar-refractivity contribution in [2.24, 2.45) is 0 Å². The van der Waals surface area contributed by atoms with E-state index in [1.165, 1.54) is 12.1 Å². The zero-order valence-corrected chi connectivity index (χ0v) is 13.9. The molecule has 0 saturated heterocycles. The molecule has 0 fully saturated rings. The predicted octanol–water partition coefficient (Wildman–Crippen LogP) is 3.50. The van der Waals surface area contributed by atoms with E-state index in [0.29, 0.717) is 11.6 Å². The highest BCUT2D eigenvalue weighted by Gasteiger charge is 2.30. The third-order valence-electron chi connectivity index (χ3n) is 3.69. The van der Waals surface area contributed by atoms with E-state index >= 15 is 0 Å². The standard InChI is InChI=1S/C18H14F5NO3/c1-27-17(26)15(8-10-2-5-12(6-3-10)18(21,22)23)24-16(25)11-4-7-13(19)14(20)9-11/h2-7,9,15H,8H2,1H3,(H,24,25)/t15-/m1/s1. The Hall–Kier alpha value is -2.97. The number of ether oxygens (including phenoxy) is 1. The number of rotatable bonds is 5. The molecule has 1 N–H and O–H groups in total. The van der Waals surface area contributed by atoms with Gasteiger partial charge in [0.05, 0.1) is 12.7 Å². The van der Waals surface area contributed by atoms with Gasteiger partial charge >= 0.3 is 12.1 Å². The lowest BCUT2D eigenvalue weighted by Crippen LogP contribution is -2.43. The van der Waals surface area contributed by atoms with Gasteiger partial charge in [-0.1, -0.05) is 12.1 Å². The van der Waals surface area contributed by atoms with Gasteiger partial charge in [0, 0.05) is 12.0 Å². The molecule has 0 aliphatic rings. The van der Waals surface area contributed by atoms with Gasteiger partial charge in [0.25, 0.3) is 5.91 Å². The number of methoxy groups -OCH3 is 1. The van der Waals surface area contributed by atoms with Crippen LogP contribution in [0.25, 0.3) is 0 Å². The van der Waals surface area contributed by atoms with Gasteiger partial charge in [0.1, 0.15) is 6.04 Å². The van der Waals surface area contributed by atoms with Crippen LogP contribution in [0.4, 0.5) is 22.0 Å². The summed E-state index contributed by atoms with van der Waals surface area (Å²) in [5.74, 6) is -4.08. The van der Waals surface area contributed by atoms with Crippen molar-refractivity contribution < 1.29 is 36.3 Å². The second-order valence-electron chi connectivity index (χ2n) is 5.58. The molecule has 0 aliphatic carbocycles. The first-order valence-corrected chi connectivity index (χ1v) is 7.61. The summed E-state index contributed by atoms with van der Waals surface area (Å²) >= 11 is 0. The van der Waals surface area contributed by atoms with E-state index in [0.717, 1.165) is 31.4 Å². The van der Waals surface area contributed by atoms with Gasteiger partial charge in [0.15, 0.2) is 11.6 Å². The average molecular weight is 387 g/mol. The van der Waals surface area contributed by atoms with Gasteiger partial charge in [-0.05, 0) is 35.9 Å². The third kappa shape index (κ3) is 5.25. The molecule has 9 heteroatoms. The van der Waals surface area contributed by atoms with Crippen LogP contribution in [0, 0.1) is 11.6 Å². The van der Waals surface area contributed by atoms with Crippen LogP contribution in [0.5, 0.6) is 0 Å². The molecule has 0 radical (unpaired) electrons. The van der Waals surface area contributed by atoms with Crippen LogP contribution in [0.1, 0.15) is 21.5 Å². The Labute approximate surface area is 150 Å². The van der Waals surface area contributed by atoms with E-state index in [1.807, 2.05) is 0 Å². The van der Waals surface area contributed by atoms with Gasteiger partial charge in [-0.2, -0.15) is 13.2 Å². The Morgan fingerprint density at radius 3 is 2.19 bits per heavy atom. The van der Waals surface area contributed by atoms with Gasteiger partial charge in [-0.25, -0.2) is 13.6 Å². The summed E-state index contributed by atoms with van der Waals surface area (Å²) in [4.78, 5) is 24.0. The van der Waals surface area contributed by atoms with Crippen LogP contribution in [0.2, 0.25) is 0 Å². The van der Waals surface area contributed by atoms with E-state index in [2.05, 4.69) is 10.1 Å². The molecule has 144 valence electrons. The van der Waals surface area contributed by atoms with Crippen molar-refractivity contribution in [1.82, 2.24) is 5.32 Å². The quantitative estimate of drug-likeness (QED) is 0.631. The third-order valence-corrected chi connectivity index (χ3v) is 3.69. The fourth-order valence-electron chi connectivity index (χ4n) is 2.28. The number of benzene rings is 2. The predicted molar refractivity (Wildman–Crippen MR) is 84.8 cm³/mol. The number of carbonyl (C=O) groups is 2. The maximum Gasteiger partial charge on any atom is 0.416 e. The van der Waals surface area contributed by atoms with E-state index in [4.69, 9.17) is 0 Å². The molecular formula is C18H14F5NO3. The number of hydrogen-bond donors (Lipinski definition) is 1. The molecule has 0 saturated carbocycles. The molecular weight excluding hydrogens is 373 g/mol. The lowest BCUT2D eigenvalue weighted by atomic mass is 10.0. The maximum absolute atomic E-state index is 13.2. The molecule has 2 aromatic rings. The highest BCUT2D eigenvalue weighted by atomic mass is 19.4. The van der Waals surface area contributed by atoms with Crippen molar-refractivity contribution in [3.63, 3.8) is 0 Å². The summed E-state index contributed by atoms with van der Waals surface area (Å²) in [5, 5.41) is 2.30. The van der Waals surface area contributed by atoms with Crippen LogP contribution >= 0.6 is 0 Å². The Kier molecular flexibility index (Phi) is 6.14. The Bertz CT molecular complexity index is 834. The van der Waals surface area contributed by atoms with E-state index < -0.39 is 41.3 Å². The largest absolute Gasteiger partial charge is 0.467 e. The average Bonchev–Trinajstić information content (AvgIpc) is 2.62. The van der Waals surface area contributed by atoms with Gasteiger partial charge in [-0.15, -0.1) is 0 Å². The highest BCUT2D eigenvalue weighted by Crippen LogP contribution is 2.29. The molecule has 0 bridgehead atoms. The normalized spacial score (nSPS) is 12.4. The molecule has 0 aromatic heterocycles. The number of hydrogen-bond acceptors (Lipinski definition) is 3.